The molecule has 3 rings (SSSR count). The molecular formula is C16H16FNOS. The van der Waals surface area contributed by atoms with Crippen molar-refractivity contribution in [3.8, 4) is 0 Å². The first-order valence-electron chi connectivity index (χ1n) is 6.60. The van der Waals surface area contributed by atoms with E-state index in [2.05, 4.69) is 11.4 Å². The average molecular weight is 289 g/mol. The summed E-state index contributed by atoms with van der Waals surface area (Å²) in [6, 6.07) is 14.4. The Hall–Kier alpha value is -1.52. The number of nitrogens with one attached hydrogen (secondary N) is 1. The lowest BCUT2D eigenvalue weighted by molar-refractivity contribution is 0.205. The number of halogens is 1. The van der Waals surface area contributed by atoms with Gasteiger partial charge in [0.05, 0.1) is 12.1 Å². The maximum Gasteiger partial charge on any atom is 0.123 e. The van der Waals surface area contributed by atoms with Gasteiger partial charge in [-0.3, -0.25) is 0 Å². The van der Waals surface area contributed by atoms with E-state index in [1.54, 1.807) is 12.1 Å². The van der Waals surface area contributed by atoms with E-state index in [9.17, 15) is 9.50 Å². The van der Waals surface area contributed by atoms with Crippen molar-refractivity contribution in [1.82, 2.24) is 0 Å². The van der Waals surface area contributed by atoms with Crippen LogP contribution in [0.15, 0.2) is 53.4 Å². The summed E-state index contributed by atoms with van der Waals surface area (Å²) >= 11 is 1.81. The van der Waals surface area contributed by atoms with E-state index in [1.807, 2.05) is 30.0 Å². The second-order valence-electron chi connectivity index (χ2n) is 4.97. The van der Waals surface area contributed by atoms with Crippen molar-refractivity contribution in [3.05, 3.63) is 59.9 Å². The molecule has 0 aromatic heterocycles. The van der Waals surface area contributed by atoms with Crippen molar-refractivity contribution in [3.63, 3.8) is 0 Å². The lowest BCUT2D eigenvalue weighted by atomic mass is 9.87. The Balaban J connectivity index is 1.98. The number of hydrogen-bond acceptors (Lipinski definition) is 3. The molecule has 2 nitrogen and oxygen atoms in total. The first kappa shape index (κ1) is 13.5. The van der Waals surface area contributed by atoms with Gasteiger partial charge in [0.25, 0.3) is 0 Å². The van der Waals surface area contributed by atoms with Crippen molar-refractivity contribution >= 4 is 17.4 Å². The summed E-state index contributed by atoms with van der Waals surface area (Å²) < 4.78 is 13.0. The number of anilines is 1. The summed E-state index contributed by atoms with van der Waals surface area (Å²) in [6.07, 6.45) is 0.836. The zero-order valence-corrected chi connectivity index (χ0v) is 11.8. The van der Waals surface area contributed by atoms with Crippen LogP contribution >= 0.6 is 11.8 Å². The number of thioether (sulfide) groups is 1. The molecule has 2 N–H and O–H groups in total. The molecule has 1 unspecified atom stereocenters. The van der Waals surface area contributed by atoms with Crippen LogP contribution in [0.1, 0.15) is 12.0 Å². The molecule has 1 atom stereocenters. The number of hydrogen-bond donors (Lipinski definition) is 2. The van der Waals surface area contributed by atoms with E-state index in [4.69, 9.17) is 0 Å². The molecule has 104 valence electrons. The van der Waals surface area contributed by atoms with Crippen molar-refractivity contribution in [2.24, 2.45) is 0 Å². The number of aliphatic hydroxyl groups excluding tert-OH is 1. The van der Waals surface area contributed by atoms with Gasteiger partial charge in [-0.2, -0.15) is 0 Å². The van der Waals surface area contributed by atoms with Crippen LogP contribution in [-0.2, 0) is 5.54 Å². The number of rotatable bonds is 3. The first-order valence-corrected chi connectivity index (χ1v) is 7.59. The smallest absolute Gasteiger partial charge is 0.123 e. The SMILES string of the molecule is OCC1(Nc2ccc(F)cc2)CCSc2ccccc21. The van der Waals surface area contributed by atoms with Crippen molar-refractivity contribution < 1.29 is 9.50 Å². The van der Waals surface area contributed by atoms with Crippen LogP contribution < -0.4 is 5.32 Å². The van der Waals surface area contributed by atoms with Crippen molar-refractivity contribution in [2.45, 2.75) is 16.9 Å². The summed E-state index contributed by atoms with van der Waals surface area (Å²) in [5.74, 6) is 0.694. The Bertz CT molecular complexity index is 602. The topological polar surface area (TPSA) is 32.3 Å². The van der Waals surface area contributed by atoms with Crippen LogP contribution in [0.5, 0.6) is 0 Å². The monoisotopic (exact) mass is 289 g/mol. The molecule has 0 radical (unpaired) electrons. The molecular weight excluding hydrogens is 273 g/mol. The molecule has 0 aliphatic carbocycles. The van der Waals surface area contributed by atoms with Crippen LogP contribution in [-0.4, -0.2) is 17.5 Å². The highest BCUT2D eigenvalue weighted by Gasteiger charge is 2.36. The minimum atomic E-state index is -0.486. The maximum absolute atomic E-state index is 13.0. The quantitative estimate of drug-likeness (QED) is 0.905. The third-order valence-electron chi connectivity index (χ3n) is 3.69. The summed E-state index contributed by atoms with van der Waals surface area (Å²) in [7, 11) is 0. The van der Waals surface area contributed by atoms with E-state index in [0.717, 1.165) is 23.4 Å². The third kappa shape index (κ3) is 2.41. The summed E-state index contributed by atoms with van der Waals surface area (Å²) in [5, 5.41) is 13.4. The van der Waals surface area contributed by atoms with Crippen LogP contribution in [0.25, 0.3) is 0 Å². The summed E-state index contributed by atoms with van der Waals surface area (Å²) in [4.78, 5) is 1.20. The van der Waals surface area contributed by atoms with Gasteiger partial charge in [0.1, 0.15) is 5.82 Å². The number of fused-ring (bicyclic) bond motifs is 1. The van der Waals surface area contributed by atoms with Gasteiger partial charge in [-0.1, -0.05) is 18.2 Å². The Kier molecular flexibility index (Phi) is 3.68. The molecule has 1 aliphatic rings. The Labute approximate surface area is 122 Å². The molecule has 1 heterocycles. The maximum atomic E-state index is 13.0. The largest absolute Gasteiger partial charge is 0.394 e. The van der Waals surface area contributed by atoms with Gasteiger partial charge < -0.3 is 10.4 Å². The van der Waals surface area contributed by atoms with Gasteiger partial charge in [0.2, 0.25) is 0 Å². The number of aliphatic hydroxyl groups is 1. The summed E-state index contributed by atoms with van der Waals surface area (Å²) in [5.41, 5.74) is 1.45. The molecule has 20 heavy (non-hydrogen) atoms. The van der Waals surface area contributed by atoms with Crippen LogP contribution in [0.4, 0.5) is 10.1 Å². The summed E-state index contributed by atoms with van der Waals surface area (Å²) in [6.45, 7) is 0.0158. The fourth-order valence-electron chi connectivity index (χ4n) is 2.60. The van der Waals surface area contributed by atoms with Gasteiger partial charge in [-0.15, -0.1) is 11.8 Å². The predicted octanol–water partition coefficient (Wildman–Crippen LogP) is 3.62. The van der Waals surface area contributed by atoms with E-state index in [-0.39, 0.29) is 12.4 Å². The Morgan fingerprint density at radius 1 is 1.15 bits per heavy atom. The average Bonchev–Trinajstić information content (AvgIpc) is 2.50. The molecule has 0 amide bonds. The van der Waals surface area contributed by atoms with Gasteiger partial charge in [0, 0.05) is 16.3 Å². The van der Waals surface area contributed by atoms with Gasteiger partial charge in [-0.25, -0.2) is 4.39 Å². The van der Waals surface area contributed by atoms with Crippen LogP contribution in [0.3, 0.4) is 0 Å². The second kappa shape index (κ2) is 5.46. The highest BCUT2D eigenvalue weighted by atomic mass is 32.2. The van der Waals surface area contributed by atoms with E-state index in [1.165, 1.54) is 17.0 Å². The zero-order valence-electron chi connectivity index (χ0n) is 11.0. The highest BCUT2D eigenvalue weighted by Crippen LogP contribution is 2.41. The molecule has 2 aromatic rings. The lowest BCUT2D eigenvalue weighted by Crippen LogP contribution is -2.42. The van der Waals surface area contributed by atoms with Gasteiger partial charge in [-0.05, 0) is 42.3 Å². The Morgan fingerprint density at radius 3 is 2.65 bits per heavy atom. The standard InChI is InChI=1S/C16H16FNOS/c17-12-5-7-13(8-6-12)18-16(11-19)9-10-20-15-4-2-1-3-14(15)16/h1-8,18-19H,9-11H2. The molecule has 0 saturated heterocycles. The fourth-order valence-corrected chi connectivity index (χ4v) is 3.86. The fraction of sp³-hybridized carbons (Fsp3) is 0.250. The molecule has 0 spiro atoms. The first-order chi connectivity index (χ1) is 9.73. The second-order valence-corrected chi connectivity index (χ2v) is 6.10. The minimum Gasteiger partial charge on any atom is -0.394 e. The minimum absolute atomic E-state index is 0.0158. The zero-order chi connectivity index (χ0) is 14.0. The molecule has 2 aromatic carbocycles. The lowest BCUT2D eigenvalue weighted by Gasteiger charge is -2.39. The highest BCUT2D eigenvalue weighted by molar-refractivity contribution is 7.99. The molecule has 0 bridgehead atoms. The predicted molar refractivity (Wildman–Crippen MR) is 80.6 cm³/mol. The molecule has 0 saturated carbocycles. The normalized spacial score (nSPS) is 21.3. The third-order valence-corrected chi connectivity index (χ3v) is 4.76. The van der Waals surface area contributed by atoms with E-state index in [0.29, 0.717) is 0 Å². The molecule has 4 heteroatoms. The van der Waals surface area contributed by atoms with Crippen LogP contribution in [0, 0.1) is 5.82 Å². The molecule has 1 aliphatic heterocycles. The Morgan fingerprint density at radius 2 is 1.90 bits per heavy atom. The van der Waals surface area contributed by atoms with Crippen molar-refractivity contribution in [1.29, 1.82) is 0 Å². The van der Waals surface area contributed by atoms with Gasteiger partial charge >= 0.3 is 0 Å². The van der Waals surface area contributed by atoms with Crippen molar-refractivity contribution in [2.75, 3.05) is 17.7 Å². The van der Waals surface area contributed by atoms with E-state index < -0.39 is 5.54 Å². The number of benzene rings is 2. The van der Waals surface area contributed by atoms with E-state index >= 15 is 0 Å². The van der Waals surface area contributed by atoms with Crippen LogP contribution in [0.2, 0.25) is 0 Å². The van der Waals surface area contributed by atoms with Gasteiger partial charge in [0.15, 0.2) is 0 Å². The molecule has 0 fully saturated rings.